The molecule has 0 spiro atoms. The van der Waals surface area contributed by atoms with Gasteiger partial charge in [0.25, 0.3) is 0 Å². The van der Waals surface area contributed by atoms with Gasteiger partial charge in [-0.1, -0.05) is 24.6 Å². The van der Waals surface area contributed by atoms with Gasteiger partial charge >= 0.3 is 0 Å². The van der Waals surface area contributed by atoms with Gasteiger partial charge in [0.15, 0.2) is 9.84 Å². The van der Waals surface area contributed by atoms with Crippen molar-refractivity contribution in [3.63, 3.8) is 0 Å². The number of benzene rings is 1. The number of hydrogen-bond acceptors (Lipinski definition) is 4. The lowest BCUT2D eigenvalue weighted by atomic mass is 10.0. The summed E-state index contributed by atoms with van der Waals surface area (Å²) < 4.78 is 27.9. The Bertz CT molecular complexity index is 526. The van der Waals surface area contributed by atoms with Gasteiger partial charge in [-0.05, 0) is 32.9 Å². The summed E-state index contributed by atoms with van der Waals surface area (Å²) in [5, 5.41) is 3.42. The number of hydrogen-bond donors (Lipinski definition) is 1. The van der Waals surface area contributed by atoms with E-state index in [4.69, 9.17) is 4.74 Å². The van der Waals surface area contributed by atoms with Crippen molar-refractivity contribution in [2.75, 3.05) is 25.2 Å². The molecular formula is C15H25NO3S. The Morgan fingerprint density at radius 3 is 2.65 bits per heavy atom. The fourth-order valence-corrected chi connectivity index (χ4v) is 2.30. The molecule has 5 heteroatoms. The molecule has 0 radical (unpaired) electrons. The average Bonchev–Trinajstić information content (AvgIpc) is 2.36. The number of nitrogens with one attached hydrogen (secondary N) is 1. The molecule has 0 aliphatic carbocycles. The quantitative estimate of drug-likeness (QED) is 0.801. The first kappa shape index (κ1) is 17.0. The van der Waals surface area contributed by atoms with Crippen LogP contribution in [-0.4, -0.2) is 33.6 Å². The molecule has 0 saturated carbocycles. The van der Waals surface area contributed by atoms with Crippen molar-refractivity contribution in [1.29, 1.82) is 0 Å². The third kappa shape index (κ3) is 5.92. The van der Waals surface area contributed by atoms with Crippen LogP contribution in [0.4, 0.5) is 0 Å². The second kappa shape index (κ2) is 7.64. The zero-order valence-electron chi connectivity index (χ0n) is 12.8. The van der Waals surface area contributed by atoms with Crippen molar-refractivity contribution in [1.82, 2.24) is 5.32 Å². The van der Waals surface area contributed by atoms with Gasteiger partial charge in [0.05, 0.1) is 5.75 Å². The first-order valence-corrected chi connectivity index (χ1v) is 9.04. The Morgan fingerprint density at radius 1 is 1.35 bits per heavy atom. The van der Waals surface area contributed by atoms with Crippen molar-refractivity contribution in [3.8, 4) is 5.75 Å². The monoisotopic (exact) mass is 299 g/mol. The van der Waals surface area contributed by atoms with Crippen molar-refractivity contribution >= 4 is 9.84 Å². The lowest BCUT2D eigenvalue weighted by molar-refractivity contribution is 0.333. The van der Waals surface area contributed by atoms with E-state index in [1.807, 2.05) is 19.1 Å². The summed E-state index contributed by atoms with van der Waals surface area (Å²) in [7, 11) is -2.99. The highest BCUT2D eigenvalue weighted by Gasteiger charge is 2.12. The van der Waals surface area contributed by atoms with Gasteiger partial charge in [0, 0.05) is 17.9 Å². The predicted octanol–water partition coefficient (Wildman–Crippen LogP) is 2.48. The van der Waals surface area contributed by atoms with Gasteiger partial charge in [-0.2, -0.15) is 0 Å². The smallest absolute Gasteiger partial charge is 0.150 e. The van der Waals surface area contributed by atoms with Crippen LogP contribution in [0.3, 0.4) is 0 Å². The summed E-state index contributed by atoms with van der Waals surface area (Å²) in [5.74, 6) is 0.798. The van der Waals surface area contributed by atoms with E-state index < -0.39 is 9.84 Å². The maximum atomic E-state index is 11.1. The first-order chi connectivity index (χ1) is 9.33. The fraction of sp³-hybridized carbons (Fsp3) is 0.600. The molecule has 0 aromatic heterocycles. The minimum atomic E-state index is -2.99. The molecule has 0 aliphatic rings. The van der Waals surface area contributed by atoms with E-state index in [1.54, 1.807) is 0 Å². The molecular weight excluding hydrogens is 274 g/mol. The largest absolute Gasteiger partial charge is 0.492 e. The summed E-state index contributed by atoms with van der Waals surface area (Å²) in [6.45, 7) is 7.39. The second-order valence-electron chi connectivity index (χ2n) is 5.20. The molecule has 1 atom stereocenters. The highest BCUT2D eigenvalue weighted by Crippen LogP contribution is 2.26. The lowest BCUT2D eigenvalue weighted by Gasteiger charge is -2.18. The summed E-state index contributed by atoms with van der Waals surface area (Å²) in [4.78, 5) is 0. The van der Waals surface area contributed by atoms with Crippen LogP contribution in [0.2, 0.25) is 0 Å². The summed E-state index contributed by atoms with van der Waals surface area (Å²) in [6, 6.07) is 6.16. The van der Waals surface area contributed by atoms with Gasteiger partial charge in [0.1, 0.15) is 12.4 Å². The molecule has 0 bridgehead atoms. The van der Waals surface area contributed by atoms with E-state index in [0.717, 1.165) is 24.3 Å². The van der Waals surface area contributed by atoms with Gasteiger partial charge in [0.2, 0.25) is 0 Å². The third-order valence-electron chi connectivity index (χ3n) is 3.04. The molecule has 1 rings (SSSR count). The number of rotatable bonds is 8. The summed E-state index contributed by atoms with van der Waals surface area (Å²) in [5.41, 5.74) is 2.24. The van der Waals surface area contributed by atoms with E-state index in [9.17, 15) is 8.42 Å². The number of sulfone groups is 1. The van der Waals surface area contributed by atoms with Gasteiger partial charge in [-0.25, -0.2) is 8.42 Å². The number of aryl methyl sites for hydroxylation is 1. The standard InChI is InChI=1S/C15H25NO3S/c1-5-8-16-13(3)14-11-12(2)6-7-15(14)19-9-10-20(4,17)18/h6-7,11,13,16H,5,8-10H2,1-4H3. The van der Waals surface area contributed by atoms with Crippen LogP contribution in [-0.2, 0) is 9.84 Å². The van der Waals surface area contributed by atoms with Crippen LogP contribution in [0, 0.1) is 6.92 Å². The molecule has 1 aromatic rings. The van der Waals surface area contributed by atoms with Crippen LogP contribution < -0.4 is 10.1 Å². The summed E-state index contributed by atoms with van der Waals surface area (Å²) >= 11 is 0. The minimum Gasteiger partial charge on any atom is -0.492 e. The molecule has 4 nitrogen and oxygen atoms in total. The van der Waals surface area contributed by atoms with E-state index >= 15 is 0 Å². The highest BCUT2D eigenvalue weighted by atomic mass is 32.2. The van der Waals surface area contributed by atoms with E-state index in [-0.39, 0.29) is 18.4 Å². The van der Waals surface area contributed by atoms with Gasteiger partial charge in [-0.3, -0.25) is 0 Å². The van der Waals surface area contributed by atoms with Crippen LogP contribution >= 0.6 is 0 Å². The molecule has 1 N–H and O–H groups in total. The topological polar surface area (TPSA) is 55.4 Å². The van der Waals surface area contributed by atoms with E-state index in [0.29, 0.717) is 0 Å². The molecule has 0 amide bonds. The van der Waals surface area contributed by atoms with Crippen LogP contribution in [0.15, 0.2) is 18.2 Å². The van der Waals surface area contributed by atoms with Gasteiger partial charge < -0.3 is 10.1 Å². The molecule has 1 aromatic carbocycles. The average molecular weight is 299 g/mol. The van der Waals surface area contributed by atoms with Crippen molar-refractivity contribution in [2.24, 2.45) is 0 Å². The Kier molecular flexibility index (Phi) is 6.49. The SMILES string of the molecule is CCCNC(C)c1cc(C)ccc1OCCS(C)(=O)=O. The Morgan fingerprint density at radius 2 is 2.05 bits per heavy atom. The normalized spacial score (nSPS) is 13.2. The maximum Gasteiger partial charge on any atom is 0.150 e. The fourth-order valence-electron chi connectivity index (χ4n) is 1.91. The highest BCUT2D eigenvalue weighted by molar-refractivity contribution is 7.90. The van der Waals surface area contributed by atoms with Crippen molar-refractivity contribution in [2.45, 2.75) is 33.2 Å². The van der Waals surface area contributed by atoms with Crippen LogP contribution in [0.5, 0.6) is 5.75 Å². The molecule has 0 fully saturated rings. The molecule has 0 aliphatic heterocycles. The van der Waals surface area contributed by atoms with Crippen molar-refractivity contribution in [3.05, 3.63) is 29.3 Å². The molecule has 114 valence electrons. The molecule has 20 heavy (non-hydrogen) atoms. The van der Waals surface area contributed by atoms with E-state index in [1.165, 1.54) is 11.8 Å². The molecule has 0 heterocycles. The summed E-state index contributed by atoms with van der Waals surface area (Å²) in [6.07, 6.45) is 2.29. The Balaban J connectivity index is 2.79. The second-order valence-corrected chi connectivity index (χ2v) is 7.46. The van der Waals surface area contributed by atoms with Crippen molar-refractivity contribution < 1.29 is 13.2 Å². The Labute approximate surface area is 122 Å². The minimum absolute atomic E-state index is 0.0388. The maximum absolute atomic E-state index is 11.1. The predicted molar refractivity (Wildman–Crippen MR) is 83.1 cm³/mol. The lowest BCUT2D eigenvalue weighted by Crippen LogP contribution is -2.21. The van der Waals surface area contributed by atoms with Crippen LogP contribution in [0.1, 0.15) is 37.4 Å². The van der Waals surface area contributed by atoms with Gasteiger partial charge in [-0.15, -0.1) is 0 Å². The zero-order chi connectivity index (χ0) is 15.2. The molecule has 0 saturated heterocycles. The molecule has 1 unspecified atom stereocenters. The van der Waals surface area contributed by atoms with E-state index in [2.05, 4.69) is 25.2 Å². The van der Waals surface area contributed by atoms with Crippen LogP contribution in [0.25, 0.3) is 0 Å². The zero-order valence-corrected chi connectivity index (χ0v) is 13.6. The third-order valence-corrected chi connectivity index (χ3v) is 3.95. The first-order valence-electron chi connectivity index (χ1n) is 6.98. The number of ether oxygens (including phenoxy) is 1. The Hall–Kier alpha value is -1.07.